The molecule has 0 saturated heterocycles. The van der Waals surface area contributed by atoms with Gasteiger partial charge in [-0.2, -0.15) is 0 Å². The standard InChI is InChI=1S/C34H28N4S4/c1-5-13-25(14-6-1)21-39-31-29-30(33(36-35-31)41-23-27-17-9-3-10-18-27)34(42-24-28-19-11-4-12-20-28)38-37-32(29)40-22-26-15-7-2-8-16-26/h1-20H,21-24H2. The minimum absolute atomic E-state index is 0.804. The minimum atomic E-state index is 0.804. The number of benzene rings is 4. The molecule has 208 valence electrons. The molecule has 0 fully saturated rings. The third-order valence-electron chi connectivity index (χ3n) is 6.44. The van der Waals surface area contributed by atoms with Crippen molar-refractivity contribution in [3.8, 4) is 0 Å². The smallest absolute Gasteiger partial charge is 0.130 e. The molecule has 6 rings (SSSR count). The molecule has 42 heavy (non-hydrogen) atoms. The van der Waals surface area contributed by atoms with Crippen LogP contribution in [-0.2, 0) is 23.0 Å². The van der Waals surface area contributed by atoms with Crippen molar-refractivity contribution in [3.63, 3.8) is 0 Å². The van der Waals surface area contributed by atoms with Gasteiger partial charge in [-0.3, -0.25) is 0 Å². The second-order valence-corrected chi connectivity index (χ2v) is 13.3. The SMILES string of the molecule is c1ccc(CSc2nnc(SCc3ccccc3)c3c(SCc4ccccc4)nnc(SCc4ccccc4)c23)cc1. The highest BCUT2D eigenvalue weighted by Gasteiger charge is 2.21. The van der Waals surface area contributed by atoms with Gasteiger partial charge >= 0.3 is 0 Å². The fraction of sp³-hybridized carbons (Fsp3) is 0.118. The second kappa shape index (κ2) is 14.7. The van der Waals surface area contributed by atoms with Crippen molar-refractivity contribution in [1.82, 2.24) is 20.4 Å². The summed E-state index contributed by atoms with van der Waals surface area (Å²) in [5.74, 6) is 3.22. The van der Waals surface area contributed by atoms with Crippen LogP contribution in [0.4, 0.5) is 0 Å². The topological polar surface area (TPSA) is 51.6 Å². The van der Waals surface area contributed by atoms with Crippen LogP contribution in [0.15, 0.2) is 141 Å². The normalized spacial score (nSPS) is 11.1. The first-order valence-corrected chi connectivity index (χ1v) is 17.5. The summed E-state index contributed by atoms with van der Waals surface area (Å²) in [6.45, 7) is 0. The van der Waals surface area contributed by atoms with Gasteiger partial charge in [-0.15, -0.1) is 20.4 Å². The van der Waals surface area contributed by atoms with Crippen molar-refractivity contribution in [2.45, 2.75) is 43.1 Å². The molecular formula is C34H28N4S4. The van der Waals surface area contributed by atoms with Crippen molar-refractivity contribution in [2.24, 2.45) is 0 Å². The Kier molecular flexibility index (Phi) is 10.1. The van der Waals surface area contributed by atoms with E-state index in [2.05, 4.69) is 97.1 Å². The predicted molar refractivity (Wildman–Crippen MR) is 179 cm³/mol. The Bertz CT molecular complexity index is 1470. The molecule has 0 aliphatic carbocycles. The van der Waals surface area contributed by atoms with Crippen molar-refractivity contribution in [1.29, 1.82) is 0 Å². The minimum Gasteiger partial charge on any atom is -0.142 e. The number of rotatable bonds is 12. The molecule has 0 aliphatic rings. The van der Waals surface area contributed by atoms with Crippen molar-refractivity contribution in [3.05, 3.63) is 144 Å². The van der Waals surface area contributed by atoms with Crippen molar-refractivity contribution in [2.75, 3.05) is 0 Å². The Hall–Kier alpha value is -3.30. The first-order valence-electron chi connectivity index (χ1n) is 13.6. The van der Waals surface area contributed by atoms with Gasteiger partial charge in [0.15, 0.2) is 0 Å². The lowest BCUT2D eigenvalue weighted by molar-refractivity contribution is 0.825. The van der Waals surface area contributed by atoms with E-state index in [4.69, 9.17) is 20.4 Å². The van der Waals surface area contributed by atoms with E-state index in [1.807, 2.05) is 24.3 Å². The van der Waals surface area contributed by atoms with Crippen molar-refractivity contribution < 1.29 is 0 Å². The quantitative estimate of drug-likeness (QED) is 0.125. The zero-order valence-corrected chi connectivity index (χ0v) is 26.1. The average molecular weight is 621 g/mol. The number of hydrogen-bond acceptors (Lipinski definition) is 8. The van der Waals surface area contributed by atoms with E-state index in [0.29, 0.717) is 0 Å². The second-order valence-electron chi connectivity index (χ2n) is 9.47. The molecular weight excluding hydrogens is 593 g/mol. The Balaban J connectivity index is 1.41. The van der Waals surface area contributed by atoms with Gasteiger partial charge in [0, 0.05) is 23.0 Å². The summed E-state index contributed by atoms with van der Waals surface area (Å²) in [6.07, 6.45) is 0. The van der Waals surface area contributed by atoms with Crippen LogP contribution in [0.3, 0.4) is 0 Å². The maximum absolute atomic E-state index is 4.81. The van der Waals surface area contributed by atoms with Crippen LogP contribution in [0.1, 0.15) is 22.3 Å². The van der Waals surface area contributed by atoms with Crippen LogP contribution in [-0.4, -0.2) is 20.4 Å². The zero-order chi connectivity index (χ0) is 28.4. The highest BCUT2D eigenvalue weighted by atomic mass is 32.2. The first-order chi connectivity index (χ1) is 20.8. The van der Waals surface area contributed by atoms with Crippen LogP contribution in [0.2, 0.25) is 0 Å². The van der Waals surface area contributed by atoms with Gasteiger partial charge in [0.05, 0.1) is 10.8 Å². The van der Waals surface area contributed by atoms with Crippen LogP contribution in [0.5, 0.6) is 0 Å². The summed E-state index contributed by atoms with van der Waals surface area (Å²) in [5.41, 5.74) is 5.00. The molecule has 0 unspecified atom stereocenters. The number of fused-ring (bicyclic) bond motifs is 1. The fourth-order valence-corrected chi connectivity index (χ4v) is 8.18. The summed E-state index contributed by atoms with van der Waals surface area (Å²) >= 11 is 6.85. The summed E-state index contributed by atoms with van der Waals surface area (Å²) in [5, 5.41) is 24.9. The third kappa shape index (κ3) is 7.55. The molecule has 0 atom stereocenters. The molecule has 2 heterocycles. The van der Waals surface area contributed by atoms with E-state index in [9.17, 15) is 0 Å². The van der Waals surface area contributed by atoms with E-state index >= 15 is 0 Å². The largest absolute Gasteiger partial charge is 0.142 e. The van der Waals surface area contributed by atoms with Crippen molar-refractivity contribution >= 4 is 57.8 Å². The molecule has 4 nitrogen and oxygen atoms in total. The molecule has 0 aliphatic heterocycles. The molecule has 0 amide bonds. The zero-order valence-electron chi connectivity index (χ0n) is 22.8. The molecule has 0 N–H and O–H groups in total. The lowest BCUT2D eigenvalue weighted by Crippen LogP contribution is -2.01. The lowest BCUT2D eigenvalue weighted by Gasteiger charge is -2.14. The maximum Gasteiger partial charge on any atom is 0.130 e. The Morgan fingerprint density at radius 2 is 0.524 bits per heavy atom. The number of thioether (sulfide) groups is 4. The van der Waals surface area contributed by atoms with Gasteiger partial charge in [0.2, 0.25) is 0 Å². The maximum atomic E-state index is 4.81. The molecule has 0 bridgehead atoms. The highest BCUT2D eigenvalue weighted by molar-refractivity contribution is 8.00. The van der Waals surface area contributed by atoms with E-state index in [1.54, 1.807) is 47.0 Å². The van der Waals surface area contributed by atoms with Gasteiger partial charge in [-0.25, -0.2) is 0 Å². The molecule has 6 aromatic rings. The monoisotopic (exact) mass is 620 g/mol. The van der Waals surface area contributed by atoms with E-state index < -0.39 is 0 Å². The molecule has 0 radical (unpaired) electrons. The van der Waals surface area contributed by atoms with Gasteiger partial charge in [-0.1, -0.05) is 168 Å². The first kappa shape index (κ1) is 28.8. The van der Waals surface area contributed by atoms with Gasteiger partial charge in [-0.05, 0) is 22.3 Å². The fourth-order valence-electron chi connectivity index (χ4n) is 4.30. The Labute approximate surface area is 263 Å². The Morgan fingerprint density at radius 3 is 0.738 bits per heavy atom. The van der Waals surface area contributed by atoms with E-state index in [0.717, 1.165) is 53.9 Å². The van der Waals surface area contributed by atoms with Gasteiger partial charge in [0.1, 0.15) is 20.1 Å². The third-order valence-corrected chi connectivity index (χ3v) is 10.6. The lowest BCUT2D eigenvalue weighted by atomic mass is 10.2. The molecule has 2 aromatic heterocycles. The molecule has 0 spiro atoms. The number of hydrogen-bond donors (Lipinski definition) is 0. The predicted octanol–water partition coefficient (Wildman–Crippen LogP) is 9.59. The number of nitrogens with zero attached hydrogens (tertiary/aromatic N) is 4. The van der Waals surface area contributed by atoms with Crippen LogP contribution in [0.25, 0.3) is 10.8 Å². The molecule has 4 aromatic carbocycles. The average Bonchev–Trinajstić information content (AvgIpc) is 3.06. The van der Waals surface area contributed by atoms with Gasteiger partial charge in [0.25, 0.3) is 0 Å². The molecule has 8 heteroatoms. The summed E-state index contributed by atoms with van der Waals surface area (Å²) in [6, 6.07) is 42.0. The molecule has 0 saturated carbocycles. The Morgan fingerprint density at radius 1 is 0.310 bits per heavy atom. The van der Waals surface area contributed by atoms with E-state index in [-0.39, 0.29) is 0 Å². The van der Waals surface area contributed by atoms with Crippen LogP contribution in [0, 0.1) is 0 Å². The van der Waals surface area contributed by atoms with Crippen LogP contribution >= 0.6 is 47.0 Å². The summed E-state index contributed by atoms with van der Waals surface area (Å²) in [4.78, 5) is 0. The van der Waals surface area contributed by atoms with E-state index in [1.165, 1.54) is 22.3 Å². The number of aromatic nitrogens is 4. The highest BCUT2D eigenvalue weighted by Crippen LogP contribution is 2.42. The van der Waals surface area contributed by atoms with Gasteiger partial charge < -0.3 is 0 Å². The summed E-state index contributed by atoms with van der Waals surface area (Å²) in [7, 11) is 0. The summed E-state index contributed by atoms with van der Waals surface area (Å²) < 4.78 is 0. The van der Waals surface area contributed by atoms with Crippen LogP contribution < -0.4 is 0 Å².